The molecule has 0 aliphatic rings. The molecule has 0 radical (unpaired) electrons. The molecule has 10 aromatic carbocycles. The summed E-state index contributed by atoms with van der Waals surface area (Å²) in [6, 6.07) is -28.7. The van der Waals surface area contributed by atoms with Gasteiger partial charge in [-0.15, -0.1) is 0 Å². The van der Waals surface area contributed by atoms with E-state index in [9.17, 15) is 16.4 Å². The zero-order valence-electron chi connectivity index (χ0n) is 54.0. The summed E-state index contributed by atoms with van der Waals surface area (Å²) in [5.41, 5.74) is -4.97. The standard InChI is InChI=1S/C48H30/c1-3-13-37-31(11-1)21-22-32-25-28-36(30-45(32)37)48-43-19-9-7-17-41(43)47(42-18-8-10-20-44(42)48)34-26-23-33(24-27-34)46-29-35-12-2-4-14-38(35)39-15-5-6-16-40(39)46/h1-30H/i1D,2D,3D,4D,5D,6D,7D,8D,9D,10D,11D,12D,13D,14D,15D,16D,17D,18D,19D,20D,21D,22D,23D,24D,25D,26D,27D,28D,29D,30D. The van der Waals surface area contributed by atoms with Crippen LogP contribution in [0.5, 0.6) is 0 Å². The zero-order valence-corrected chi connectivity index (χ0v) is 24.0. The van der Waals surface area contributed by atoms with Crippen molar-refractivity contribution in [2.75, 3.05) is 0 Å². The number of hydrogen-bond acceptors (Lipinski definition) is 0. The number of fused-ring (bicyclic) bond motifs is 8. The second-order valence-corrected chi connectivity index (χ2v) is 10.5. The van der Waals surface area contributed by atoms with E-state index < -0.39 is 279 Å². The number of rotatable bonds is 3. The van der Waals surface area contributed by atoms with E-state index in [1.807, 2.05) is 0 Å². The fourth-order valence-corrected chi connectivity index (χ4v) is 5.88. The van der Waals surface area contributed by atoms with Gasteiger partial charge in [0, 0.05) is 0 Å². The molecule has 0 aromatic heterocycles. The summed E-state index contributed by atoms with van der Waals surface area (Å²) in [7, 11) is 0. The Kier molecular flexibility index (Phi) is 2.36. The predicted molar refractivity (Wildman–Crippen MR) is 208 cm³/mol. The molecule has 0 nitrogen and oxygen atoms in total. The van der Waals surface area contributed by atoms with Gasteiger partial charge in [-0.2, -0.15) is 0 Å². The third kappa shape index (κ3) is 4.10. The van der Waals surface area contributed by atoms with Gasteiger partial charge in [-0.25, -0.2) is 0 Å². The first-order valence-electron chi connectivity index (χ1n) is 29.2. The van der Waals surface area contributed by atoms with Crippen molar-refractivity contribution >= 4 is 64.6 Å². The van der Waals surface area contributed by atoms with E-state index in [1.165, 1.54) is 0 Å². The molecule has 0 atom stereocenters. The zero-order chi connectivity index (χ0) is 57.7. The van der Waals surface area contributed by atoms with Crippen molar-refractivity contribution < 1.29 is 41.1 Å². The van der Waals surface area contributed by atoms with E-state index in [-0.39, 0.29) is 0 Å². The predicted octanol–water partition coefficient (Wildman–Crippen LogP) is 13.6. The molecule has 0 bridgehead atoms. The lowest BCUT2D eigenvalue weighted by Gasteiger charge is -2.18. The summed E-state index contributed by atoms with van der Waals surface area (Å²) in [6.45, 7) is 0. The van der Waals surface area contributed by atoms with Gasteiger partial charge in [0.25, 0.3) is 0 Å². The number of hydrogen-bond donors (Lipinski definition) is 0. The minimum Gasteiger partial charge on any atom is -0.0616 e. The SMILES string of the molecule is [2H]c1c([2H])c(-c2c([2H])c3c([2H])c([2H])c([2H])c([2H])c3c3c([2H])c([2H])c([2H])c([2H])c23)c([2H])c([2H])c1-c1c2c([2H])c([2H])c([2H])c([2H])c2c(-c2c([2H])c([2H])c3c([2H])c([2H])c4c([2H])c([2H])c([2H])c([2H])c4c3c2[2H])c2c([2H])c([2H])c([2H])c([2H])c12. The summed E-state index contributed by atoms with van der Waals surface area (Å²) in [5, 5.41) is -7.95. The molecule has 0 amide bonds. The lowest BCUT2D eigenvalue weighted by atomic mass is 9.85. The second kappa shape index (κ2) is 10.7. The van der Waals surface area contributed by atoms with Crippen LogP contribution in [0.4, 0.5) is 0 Å². The van der Waals surface area contributed by atoms with Crippen molar-refractivity contribution in [2.45, 2.75) is 0 Å². The molecular weight excluding hydrogens is 577 g/mol. The van der Waals surface area contributed by atoms with Crippen LogP contribution in [0.15, 0.2) is 181 Å². The van der Waals surface area contributed by atoms with Gasteiger partial charge < -0.3 is 0 Å². The highest BCUT2D eigenvalue weighted by Crippen LogP contribution is 2.45. The van der Waals surface area contributed by atoms with E-state index in [0.717, 1.165) is 0 Å². The summed E-state index contributed by atoms with van der Waals surface area (Å²) in [6.07, 6.45) is 0. The molecule has 0 fully saturated rings. The molecule has 0 heterocycles. The molecule has 48 heavy (non-hydrogen) atoms. The Balaban J connectivity index is 1.48. The minimum absolute atomic E-state index is 0.528. The summed E-state index contributed by atoms with van der Waals surface area (Å²) in [5.74, 6) is 0. The molecule has 10 rings (SSSR count). The largest absolute Gasteiger partial charge is 0.0636 e. The van der Waals surface area contributed by atoms with Crippen molar-refractivity contribution in [2.24, 2.45) is 0 Å². The maximum absolute atomic E-state index is 9.82. The fraction of sp³-hybridized carbons (Fsp3) is 0. The van der Waals surface area contributed by atoms with Crippen molar-refractivity contribution in [3.05, 3.63) is 181 Å². The van der Waals surface area contributed by atoms with Gasteiger partial charge in [-0.3, -0.25) is 0 Å². The van der Waals surface area contributed by atoms with Crippen LogP contribution in [-0.2, 0) is 0 Å². The van der Waals surface area contributed by atoms with E-state index in [0.29, 0.717) is 0 Å². The van der Waals surface area contributed by atoms with Crippen LogP contribution in [0, 0.1) is 0 Å². The van der Waals surface area contributed by atoms with E-state index in [1.54, 1.807) is 0 Å². The van der Waals surface area contributed by atoms with Crippen LogP contribution in [0.1, 0.15) is 41.1 Å². The summed E-state index contributed by atoms with van der Waals surface area (Å²) in [4.78, 5) is 0. The van der Waals surface area contributed by atoms with Gasteiger partial charge in [-0.05, 0) is 110 Å². The van der Waals surface area contributed by atoms with Crippen LogP contribution in [-0.4, -0.2) is 0 Å². The number of benzene rings is 10. The lowest BCUT2D eigenvalue weighted by Crippen LogP contribution is -1.91. The first-order valence-corrected chi connectivity index (χ1v) is 14.2. The molecule has 0 N–H and O–H groups in total. The smallest absolute Gasteiger partial charge is 0.0616 e. The molecule has 0 heteroatoms. The van der Waals surface area contributed by atoms with Gasteiger partial charge >= 0.3 is 0 Å². The van der Waals surface area contributed by atoms with Crippen LogP contribution in [0.3, 0.4) is 0 Å². The molecule has 0 saturated heterocycles. The van der Waals surface area contributed by atoms with Crippen molar-refractivity contribution in [1.82, 2.24) is 0 Å². The Hall–Kier alpha value is -6.24. The highest BCUT2D eigenvalue weighted by Gasteiger charge is 2.17. The first-order chi connectivity index (χ1) is 36.3. The minimum atomic E-state index is -1.15. The van der Waals surface area contributed by atoms with E-state index >= 15 is 0 Å². The maximum atomic E-state index is 9.82. The highest BCUT2D eigenvalue weighted by molar-refractivity contribution is 6.22. The fourth-order valence-electron chi connectivity index (χ4n) is 5.88. The lowest BCUT2D eigenvalue weighted by molar-refractivity contribution is 1.64. The van der Waals surface area contributed by atoms with Gasteiger partial charge in [-0.1, -0.05) is 169 Å². The Morgan fingerprint density at radius 1 is 0.250 bits per heavy atom. The van der Waals surface area contributed by atoms with Gasteiger partial charge in [0.05, 0.1) is 41.1 Å². The third-order valence-electron chi connectivity index (χ3n) is 7.94. The van der Waals surface area contributed by atoms with E-state index in [2.05, 4.69) is 0 Å². The normalized spacial score (nSPS) is 20.5. The first kappa shape index (κ1) is 10.6. The second-order valence-electron chi connectivity index (χ2n) is 10.5. The Morgan fingerprint density at radius 2 is 0.646 bits per heavy atom. The quantitative estimate of drug-likeness (QED) is 0.134. The van der Waals surface area contributed by atoms with Gasteiger partial charge in [0.2, 0.25) is 0 Å². The topological polar surface area (TPSA) is 0 Å². The van der Waals surface area contributed by atoms with E-state index in [4.69, 9.17) is 24.7 Å². The molecule has 0 aliphatic heterocycles. The molecular formula is C48H30. The summed E-state index contributed by atoms with van der Waals surface area (Å²) < 4.78 is 272. The van der Waals surface area contributed by atoms with Crippen molar-refractivity contribution in [3.63, 3.8) is 0 Å². The average Bonchev–Trinajstić information content (AvgIpc) is 3.40. The average molecular weight is 637 g/mol. The maximum Gasteiger partial charge on any atom is 0.0636 e. The Labute approximate surface area is 321 Å². The molecule has 0 unspecified atom stereocenters. The van der Waals surface area contributed by atoms with Crippen molar-refractivity contribution in [1.29, 1.82) is 0 Å². The third-order valence-corrected chi connectivity index (χ3v) is 7.94. The van der Waals surface area contributed by atoms with Crippen LogP contribution >= 0.6 is 0 Å². The van der Waals surface area contributed by atoms with Gasteiger partial charge in [0.15, 0.2) is 0 Å². The van der Waals surface area contributed by atoms with Crippen LogP contribution in [0.2, 0.25) is 0 Å². The monoisotopic (exact) mass is 636 g/mol. The molecule has 0 aliphatic carbocycles. The van der Waals surface area contributed by atoms with Crippen LogP contribution < -0.4 is 0 Å². The van der Waals surface area contributed by atoms with Crippen molar-refractivity contribution in [3.8, 4) is 33.4 Å². The Morgan fingerprint density at radius 3 is 1.27 bits per heavy atom. The molecule has 222 valence electrons. The molecule has 0 spiro atoms. The van der Waals surface area contributed by atoms with Crippen LogP contribution in [0.25, 0.3) is 98.0 Å². The van der Waals surface area contributed by atoms with Gasteiger partial charge in [0.1, 0.15) is 0 Å². The highest BCUT2D eigenvalue weighted by atomic mass is 14.2. The molecule has 10 aromatic rings. The Bertz CT molecular complexity index is 4490. The summed E-state index contributed by atoms with van der Waals surface area (Å²) >= 11 is 0. The molecule has 0 saturated carbocycles.